The first-order chi connectivity index (χ1) is 19.2. The molecule has 0 aliphatic carbocycles. The summed E-state index contributed by atoms with van der Waals surface area (Å²) in [4.78, 5) is 51.7. The van der Waals surface area contributed by atoms with Gasteiger partial charge < -0.3 is 24.3 Å². The van der Waals surface area contributed by atoms with E-state index < -0.39 is 34.7 Å². The number of halogens is 1. The molecule has 16 heteroatoms. The summed E-state index contributed by atoms with van der Waals surface area (Å²) in [7, 11) is 0. The number of amides is 3. The van der Waals surface area contributed by atoms with E-state index in [0.29, 0.717) is 44.1 Å². The third-order valence-corrected chi connectivity index (χ3v) is 6.53. The number of furan rings is 1. The number of nitro groups is 1. The molecule has 0 saturated carbocycles. The van der Waals surface area contributed by atoms with Crippen molar-refractivity contribution in [3.63, 3.8) is 0 Å². The van der Waals surface area contributed by atoms with Gasteiger partial charge in [-0.15, -0.1) is 5.10 Å². The summed E-state index contributed by atoms with van der Waals surface area (Å²) in [5.74, 6) is -2.46. The molecule has 1 aromatic carbocycles. The van der Waals surface area contributed by atoms with E-state index in [2.05, 4.69) is 15.6 Å². The number of hydrogen-bond acceptors (Lipinski definition) is 10. The average Bonchev–Trinajstić information content (AvgIpc) is 3.67. The second-order valence-electron chi connectivity index (χ2n) is 9.28. The summed E-state index contributed by atoms with van der Waals surface area (Å²) in [5.41, 5.74) is 1.46. The number of nitrogens with zero attached hydrogens (tertiary/aromatic N) is 7. The first-order valence-electron chi connectivity index (χ1n) is 12.4. The lowest BCUT2D eigenvalue weighted by Gasteiger charge is -2.36. The molecule has 1 atom stereocenters. The zero-order valence-electron chi connectivity index (χ0n) is 21.4. The molecule has 4 heterocycles. The molecule has 2 aromatic heterocycles. The maximum Gasteiger partial charge on any atom is 0.433 e. The largest absolute Gasteiger partial charge is 0.442 e. The Kier molecular flexibility index (Phi) is 7.31. The summed E-state index contributed by atoms with van der Waals surface area (Å²) < 4.78 is 26.9. The number of anilines is 2. The van der Waals surface area contributed by atoms with Crippen molar-refractivity contribution in [2.45, 2.75) is 19.6 Å². The number of carbonyl (C=O) groups excluding carboxylic acids is 3. The first kappa shape index (κ1) is 26.6. The molecule has 0 unspecified atom stereocenters. The van der Waals surface area contributed by atoms with E-state index in [-0.39, 0.29) is 24.8 Å². The third kappa shape index (κ3) is 5.69. The predicted molar refractivity (Wildman–Crippen MR) is 135 cm³/mol. The van der Waals surface area contributed by atoms with Crippen LogP contribution < -0.4 is 15.1 Å². The fourth-order valence-corrected chi connectivity index (χ4v) is 4.54. The van der Waals surface area contributed by atoms with E-state index in [1.165, 1.54) is 15.9 Å². The van der Waals surface area contributed by atoms with E-state index in [1.54, 1.807) is 34.8 Å². The van der Waals surface area contributed by atoms with Gasteiger partial charge in [0.25, 0.3) is 5.91 Å². The fraction of sp³-hybridized carbons (Fsp3) is 0.375. The Balaban J connectivity index is 1.12. The first-order valence-corrected chi connectivity index (χ1v) is 12.4. The highest BCUT2D eigenvalue weighted by atomic mass is 19.1. The highest BCUT2D eigenvalue weighted by Gasteiger charge is 2.33. The number of benzene rings is 1. The fourth-order valence-electron chi connectivity index (χ4n) is 4.54. The van der Waals surface area contributed by atoms with Crippen LogP contribution in [0.2, 0.25) is 0 Å². The van der Waals surface area contributed by atoms with E-state index in [1.807, 2.05) is 0 Å². The van der Waals surface area contributed by atoms with Crippen LogP contribution in [0.3, 0.4) is 0 Å². The molecule has 0 spiro atoms. The van der Waals surface area contributed by atoms with E-state index in [4.69, 9.17) is 9.15 Å². The van der Waals surface area contributed by atoms with Crippen LogP contribution in [-0.4, -0.2) is 88.1 Å². The second-order valence-corrected chi connectivity index (χ2v) is 9.28. The number of rotatable bonds is 8. The minimum absolute atomic E-state index is 0.241. The normalized spacial score (nSPS) is 17.2. The van der Waals surface area contributed by atoms with Crippen LogP contribution in [-0.2, 0) is 16.1 Å². The monoisotopic (exact) mass is 556 g/mol. The van der Waals surface area contributed by atoms with Gasteiger partial charge in [0.2, 0.25) is 5.91 Å². The van der Waals surface area contributed by atoms with Crippen molar-refractivity contribution in [2.75, 3.05) is 49.1 Å². The molecule has 3 amide bonds. The Bertz CT molecular complexity index is 1450. The van der Waals surface area contributed by atoms with Crippen molar-refractivity contribution in [3.8, 4) is 0 Å². The van der Waals surface area contributed by atoms with Crippen molar-refractivity contribution in [1.29, 1.82) is 0 Å². The number of nitrogens with one attached hydrogen (secondary N) is 1. The molecule has 0 bridgehead atoms. The minimum Gasteiger partial charge on any atom is -0.442 e. The SMILES string of the molecule is Cc1cn(C[C@H]2CN(c3ccc(N4CCN(C(=O)CNC(=O)c5ccc([N+](=O)[O-])o5)CC4)c(F)c3)C(=O)O2)nn1. The Labute approximate surface area is 226 Å². The van der Waals surface area contributed by atoms with Crippen molar-refractivity contribution in [2.24, 2.45) is 0 Å². The second kappa shape index (κ2) is 11.0. The number of aromatic nitrogens is 3. The summed E-state index contributed by atoms with van der Waals surface area (Å²) >= 11 is 0. The molecule has 1 N–H and O–H groups in total. The van der Waals surface area contributed by atoms with Crippen LogP contribution in [0.5, 0.6) is 0 Å². The molecule has 2 fully saturated rings. The molecular formula is C24H25FN8O7. The lowest BCUT2D eigenvalue weighted by molar-refractivity contribution is -0.402. The molecule has 3 aromatic rings. The van der Waals surface area contributed by atoms with Gasteiger partial charge in [-0.1, -0.05) is 5.21 Å². The van der Waals surface area contributed by atoms with E-state index >= 15 is 4.39 Å². The molecule has 210 valence electrons. The maximum absolute atomic E-state index is 15.1. The van der Waals surface area contributed by atoms with Crippen LogP contribution in [0.15, 0.2) is 40.9 Å². The Hall–Kier alpha value is -5.02. The average molecular weight is 557 g/mol. The lowest BCUT2D eigenvalue weighted by Crippen LogP contribution is -2.51. The Morgan fingerprint density at radius 3 is 2.62 bits per heavy atom. The maximum atomic E-state index is 15.1. The molecule has 15 nitrogen and oxygen atoms in total. The van der Waals surface area contributed by atoms with Gasteiger partial charge in [0.15, 0.2) is 5.76 Å². The van der Waals surface area contributed by atoms with Crippen LogP contribution in [0, 0.1) is 22.9 Å². The lowest BCUT2D eigenvalue weighted by atomic mass is 10.2. The van der Waals surface area contributed by atoms with E-state index in [0.717, 1.165) is 17.8 Å². The van der Waals surface area contributed by atoms with Gasteiger partial charge in [-0.05, 0) is 31.2 Å². The van der Waals surface area contributed by atoms with Crippen LogP contribution >= 0.6 is 0 Å². The molecule has 5 rings (SSSR count). The third-order valence-electron chi connectivity index (χ3n) is 6.53. The standard InChI is InChI=1S/C24H25FN8O7/c1-15-12-31(28-27-15)13-17-14-32(24(36)39-17)16-2-3-19(18(25)10-16)29-6-8-30(9-7-29)21(34)11-26-23(35)20-4-5-22(40-20)33(37)38/h2-5,10,12,17H,6-9,11,13-14H2,1H3,(H,26,35)/t17-/m0/s1. The van der Waals surface area contributed by atoms with Crippen LogP contribution in [0.25, 0.3) is 0 Å². The highest BCUT2D eigenvalue weighted by molar-refractivity contribution is 5.94. The molecule has 40 heavy (non-hydrogen) atoms. The number of hydrogen-bond donors (Lipinski definition) is 1. The summed E-state index contributed by atoms with van der Waals surface area (Å²) in [6.07, 6.45) is 0.716. The topological polar surface area (TPSA) is 169 Å². The van der Waals surface area contributed by atoms with Crippen molar-refractivity contribution in [1.82, 2.24) is 25.2 Å². The smallest absolute Gasteiger partial charge is 0.433 e. The van der Waals surface area contributed by atoms with Crippen molar-refractivity contribution < 1.29 is 32.9 Å². The van der Waals surface area contributed by atoms with Gasteiger partial charge in [-0.25, -0.2) is 13.9 Å². The number of cyclic esters (lactones) is 1. The highest BCUT2D eigenvalue weighted by Crippen LogP contribution is 2.29. The number of ether oxygens (including phenoxy) is 1. The number of aryl methyl sites for hydroxylation is 1. The molecule has 2 aliphatic rings. The quantitative estimate of drug-likeness (QED) is 0.315. The van der Waals surface area contributed by atoms with Crippen LogP contribution in [0.1, 0.15) is 16.2 Å². The Morgan fingerprint density at radius 1 is 1.20 bits per heavy atom. The Morgan fingerprint density at radius 2 is 1.98 bits per heavy atom. The summed E-state index contributed by atoms with van der Waals surface area (Å²) in [5, 5.41) is 20.9. The van der Waals surface area contributed by atoms with Gasteiger partial charge in [-0.3, -0.25) is 24.6 Å². The van der Waals surface area contributed by atoms with Gasteiger partial charge in [0.1, 0.15) is 16.8 Å². The van der Waals surface area contributed by atoms with Crippen LogP contribution in [0.4, 0.5) is 26.4 Å². The molecule has 0 radical (unpaired) electrons. The molecule has 2 aliphatic heterocycles. The van der Waals surface area contributed by atoms with Gasteiger partial charge >= 0.3 is 12.0 Å². The zero-order valence-corrected chi connectivity index (χ0v) is 21.4. The number of piperazine rings is 1. The van der Waals surface area contributed by atoms with Gasteiger partial charge in [-0.2, -0.15) is 0 Å². The van der Waals surface area contributed by atoms with Crippen molar-refractivity contribution >= 4 is 35.2 Å². The van der Waals surface area contributed by atoms with Gasteiger partial charge in [0, 0.05) is 32.4 Å². The minimum atomic E-state index is -0.767. The van der Waals surface area contributed by atoms with E-state index in [9.17, 15) is 24.5 Å². The molecular weight excluding hydrogens is 531 g/mol. The predicted octanol–water partition coefficient (Wildman–Crippen LogP) is 1.33. The number of carbonyl (C=O) groups is 3. The van der Waals surface area contributed by atoms with Gasteiger partial charge in [0.05, 0.1) is 42.8 Å². The summed E-state index contributed by atoms with van der Waals surface area (Å²) in [6.45, 7) is 3.36. The molecule has 2 saturated heterocycles. The zero-order chi connectivity index (χ0) is 28.4. The van der Waals surface area contributed by atoms with Crippen molar-refractivity contribution in [3.05, 3.63) is 63.9 Å². The summed E-state index contributed by atoms with van der Waals surface area (Å²) in [6, 6.07) is 6.72.